The molecule has 0 aromatic carbocycles. The lowest BCUT2D eigenvalue weighted by Gasteiger charge is -2.22. The van der Waals surface area contributed by atoms with Crippen molar-refractivity contribution >= 4 is 28.9 Å². The molecule has 1 unspecified atom stereocenters. The third kappa shape index (κ3) is 2.17. The predicted octanol–water partition coefficient (Wildman–Crippen LogP) is 2.01. The number of thiophene rings is 1. The predicted molar refractivity (Wildman–Crippen MR) is 60.6 cm³/mol. The maximum absolute atomic E-state index is 11.3. The highest BCUT2D eigenvalue weighted by atomic mass is 35.5. The minimum absolute atomic E-state index is 0.551. The number of hydrogen-bond donors (Lipinski definition) is 2. The quantitative estimate of drug-likeness (QED) is 0.857. The zero-order valence-corrected chi connectivity index (χ0v) is 9.70. The summed E-state index contributed by atoms with van der Waals surface area (Å²) in [6, 6.07) is 1.86. The largest absolute Gasteiger partial charge is 0.481 e. The Labute approximate surface area is 97.1 Å². The molecule has 0 spiro atoms. The Morgan fingerprint density at radius 1 is 1.73 bits per heavy atom. The van der Waals surface area contributed by atoms with Gasteiger partial charge in [0.05, 0.1) is 9.75 Å². The number of halogens is 1. The SMILES string of the molecule is O=C(O)C1(Cc2csc(Cl)c2)CCNC1. The van der Waals surface area contributed by atoms with E-state index in [1.165, 1.54) is 11.3 Å². The molecule has 0 amide bonds. The number of hydrogen-bond acceptors (Lipinski definition) is 3. The number of rotatable bonds is 3. The molecule has 1 aromatic rings. The molecular formula is C10H12ClNO2S. The zero-order valence-electron chi connectivity index (χ0n) is 8.12. The molecular weight excluding hydrogens is 234 g/mol. The van der Waals surface area contributed by atoms with E-state index in [9.17, 15) is 9.90 Å². The number of carbonyl (C=O) groups is 1. The summed E-state index contributed by atoms with van der Waals surface area (Å²) < 4.78 is 0.719. The molecule has 1 aromatic heterocycles. The molecule has 1 atom stereocenters. The third-order valence-electron chi connectivity index (χ3n) is 2.86. The molecule has 2 heterocycles. The standard InChI is InChI=1S/C10H12ClNO2S/c11-8-3-7(5-15-8)4-10(9(13)14)1-2-12-6-10/h3,5,12H,1-2,4,6H2,(H,13,14). The Bertz CT molecular complexity index is 371. The van der Waals surface area contributed by atoms with Gasteiger partial charge in [0.2, 0.25) is 0 Å². The van der Waals surface area contributed by atoms with Gasteiger partial charge >= 0.3 is 5.97 Å². The van der Waals surface area contributed by atoms with Crippen LogP contribution < -0.4 is 5.32 Å². The van der Waals surface area contributed by atoms with E-state index in [2.05, 4.69) is 5.32 Å². The Balaban J connectivity index is 2.17. The highest BCUT2D eigenvalue weighted by Gasteiger charge is 2.41. The lowest BCUT2D eigenvalue weighted by atomic mass is 9.81. The first kappa shape index (κ1) is 10.9. The Morgan fingerprint density at radius 3 is 3.00 bits per heavy atom. The van der Waals surface area contributed by atoms with Crippen molar-refractivity contribution in [2.24, 2.45) is 5.41 Å². The van der Waals surface area contributed by atoms with Gasteiger partial charge in [-0.2, -0.15) is 0 Å². The molecule has 1 aliphatic rings. The Hall–Kier alpha value is -0.580. The van der Waals surface area contributed by atoms with Crippen LogP contribution in [-0.2, 0) is 11.2 Å². The van der Waals surface area contributed by atoms with Gasteiger partial charge in [0, 0.05) is 6.54 Å². The second kappa shape index (κ2) is 4.12. The van der Waals surface area contributed by atoms with Crippen molar-refractivity contribution in [1.82, 2.24) is 5.32 Å². The average molecular weight is 246 g/mol. The van der Waals surface area contributed by atoms with Gasteiger partial charge in [-0.3, -0.25) is 4.79 Å². The Morgan fingerprint density at radius 2 is 2.53 bits per heavy atom. The van der Waals surface area contributed by atoms with Crippen LogP contribution in [0.25, 0.3) is 0 Å². The normalized spacial score (nSPS) is 25.7. The summed E-state index contributed by atoms with van der Waals surface area (Å²) in [4.78, 5) is 11.3. The number of nitrogens with one attached hydrogen (secondary N) is 1. The van der Waals surface area contributed by atoms with Crippen LogP contribution in [0.2, 0.25) is 4.34 Å². The highest BCUT2D eigenvalue weighted by Crippen LogP contribution is 2.32. The van der Waals surface area contributed by atoms with Crippen molar-refractivity contribution in [2.45, 2.75) is 12.8 Å². The van der Waals surface area contributed by atoms with Crippen LogP contribution in [0.15, 0.2) is 11.4 Å². The summed E-state index contributed by atoms with van der Waals surface area (Å²) >= 11 is 7.28. The highest BCUT2D eigenvalue weighted by molar-refractivity contribution is 7.14. The van der Waals surface area contributed by atoms with Crippen molar-refractivity contribution in [1.29, 1.82) is 0 Å². The second-order valence-electron chi connectivity index (χ2n) is 3.95. The molecule has 0 radical (unpaired) electrons. The van der Waals surface area contributed by atoms with Crippen molar-refractivity contribution in [3.8, 4) is 0 Å². The summed E-state index contributed by atoms with van der Waals surface area (Å²) in [6.07, 6.45) is 1.26. The Kier molecular flexibility index (Phi) is 3.00. The molecule has 1 aliphatic heterocycles. The van der Waals surface area contributed by atoms with Crippen LogP contribution in [0.5, 0.6) is 0 Å². The van der Waals surface area contributed by atoms with Crippen LogP contribution in [-0.4, -0.2) is 24.2 Å². The molecule has 82 valence electrons. The fourth-order valence-corrected chi connectivity index (χ4v) is 2.89. The van der Waals surface area contributed by atoms with Crippen LogP contribution in [0.4, 0.5) is 0 Å². The molecule has 2 rings (SSSR count). The van der Waals surface area contributed by atoms with E-state index in [1.807, 2.05) is 11.4 Å². The van der Waals surface area contributed by atoms with Gasteiger partial charge in [0.25, 0.3) is 0 Å². The summed E-state index contributed by atoms with van der Waals surface area (Å²) in [5, 5.41) is 14.3. The topological polar surface area (TPSA) is 49.3 Å². The fraction of sp³-hybridized carbons (Fsp3) is 0.500. The van der Waals surface area contributed by atoms with Gasteiger partial charge < -0.3 is 10.4 Å². The minimum atomic E-state index is -0.713. The molecule has 15 heavy (non-hydrogen) atoms. The maximum Gasteiger partial charge on any atom is 0.311 e. The van der Waals surface area contributed by atoms with Crippen LogP contribution >= 0.6 is 22.9 Å². The molecule has 2 N–H and O–H groups in total. The van der Waals surface area contributed by atoms with E-state index in [0.717, 1.165) is 16.4 Å². The summed E-state index contributed by atoms with van der Waals surface area (Å²) in [5.74, 6) is -0.713. The average Bonchev–Trinajstić information content (AvgIpc) is 2.77. The first-order valence-corrected chi connectivity index (χ1v) is 6.05. The van der Waals surface area contributed by atoms with Gasteiger partial charge in [-0.05, 0) is 36.4 Å². The maximum atomic E-state index is 11.3. The van der Waals surface area contributed by atoms with E-state index >= 15 is 0 Å². The first-order valence-electron chi connectivity index (χ1n) is 4.79. The van der Waals surface area contributed by atoms with Gasteiger partial charge in [0.15, 0.2) is 0 Å². The third-order valence-corrected chi connectivity index (χ3v) is 4.00. The molecule has 5 heteroatoms. The van der Waals surface area contributed by atoms with Crippen molar-refractivity contribution < 1.29 is 9.90 Å². The smallest absolute Gasteiger partial charge is 0.311 e. The van der Waals surface area contributed by atoms with E-state index in [4.69, 9.17) is 11.6 Å². The molecule has 1 fully saturated rings. The van der Waals surface area contributed by atoms with Crippen molar-refractivity contribution in [3.05, 3.63) is 21.3 Å². The lowest BCUT2D eigenvalue weighted by Crippen LogP contribution is -2.35. The molecule has 0 saturated carbocycles. The van der Waals surface area contributed by atoms with Crippen LogP contribution in [0.1, 0.15) is 12.0 Å². The second-order valence-corrected chi connectivity index (χ2v) is 5.49. The van der Waals surface area contributed by atoms with E-state index < -0.39 is 11.4 Å². The number of aliphatic carboxylic acids is 1. The van der Waals surface area contributed by atoms with Gasteiger partial charge in [-0.15, -0.1) is 11.3 Å². The first-order chi connectivity index (χ1) is 7.12. The van der Waals surface area contributed by atoms with Gasteiger partial charge in [0.1, 0.15) is 0 Å². The van der Waals surface area contributed by atoms with Crippen molar-refractivity contribution in [2.75, 3.05) is 13.1 Å². The molecule has 3 nitrogen and oxygen atoms in total. The zero-order chi connectivity index (χ0) is 10.9. The number of carboxylic acids is 1. The molecule has 0 bridgehead atoms. The monoisotopic (exact) mass is 245 g/mol. The van der Waals surface area contributed by atoms with Crippen LogP contribution in [0.3, 0.4) is 0 Å². The summed E-state index contributed by atoms with van der Waals surface area (Å²) in [7, 11) is 0. The fourth-order valence-electron chi connectivity index (χ4n) is 1.98. The van der Waals surface area contributed by atoms with E-state index in [0.29, 0.717) is 19.4 Å². The van der Waals surface area contributed by atoms with Gasteiger partial charge in [-0.25, -0.2) is 0 Å². The van der Waals surface area contributed by atoms with Gasteiger partial charge in [-0.1, -0.05) is 11.6 Å². The lowest BCUT2D eigenvalue weighted by molar-refractivity contribution is -0.147. The molecule has 0 aliphatic carbocycles. The summed E-state index contributed by atoms with van der Waals surface area (Å²) in [6.45, 7) is 1.33. The van der Waals surface area contributed by atoms with E-state index in [1.54, 1.807) is 0 Å². The number of carboxylic acid groups (broad SMARTS) is 1. The van der Waals surface area contributed by atoms with Crippen LogP contribution in [0, 0.1) is 5.41 Å². The molecule has 1 saturated heterocycles. The summed E-state index contributed by atoms with van der Waals surface area (Å²) in [5.41, 5.74) is 0.390. The van der Waals surface area contributed by atoms with E-state index in [-0.39, 0.29) is 0 Å². The van der Waals surface area contributed by atoms with Crippen molar-refractivity contribution in [3.63, 3.8) is 0 Å². The minimum Gasteiger partial charge on any atom is -0.481 e.